The quantitative estimate of drug-likeness (QED) is 0.307. The smallest absolute Gasteiger partial charge is 0.269 e. The molecule has 29 heavy (non-hydrogen) atoms. The van der Waals surface area contributed by atoms with Crippen LogP contribution in [0, 0.1) is 15.9 Å². The molecule has 3 rings (SSSR count). The molecule has 2 N–H and O–H groups in total. The molecule has 0 spiro atoms. The van der Waals surface area contributed by atoms with Gasteiger partial charge in [-0.05, 0) is 36.5 Å². The maximum absolute atomic E-state index is 13.8. The highest BCUT2D eigenvalue weighted by atomic mass is 19.1. The van der Waals surface area contributed by atoms with Crippen LogP contribution in [0.3, 0.4) is 0 Å². The first-order valence-electron chi connectivity index (χ1n) is 9.72. The summed E-state index contributed by atoms with van der Waals surface area (Å²) in [6.45, 7) is 2.32. The Hall–Kier alpha value is -3.00. The zero-order chi connectivity index (χ0) is 20.5. The summed E-state index contributed by atoms with van der Waals surface area (Å²) in [5.41, 5.74) is 1.56. The first-order chi connectivity index (χ1) is 14.1. The van der Waals surface area contributed by atoms with Crippen LogP contribution in [0.5, 0.6) is 0 Å². The number of non-ortho nitro benzene ring substituents is 1. The molecule has 2 aromatic rings. The van der Waals surface area contributed by atoms with Crippen molar-refractivity contribution < 1.29 is 14.1 Å². The fourth-order valence-electron chi connectivity index (χ4n) is 3.10. The minimum atomic E-state index is -0.425. The van der Waals surface area contributed by atoms with Gasteiger partial charge in [0.2, 0.25) is 0 Å². The highest BCUT2D eigenvalue weighted by molar-refractivity contribution is 5.79. The van der Waals surface area contributed by atoms with E-state index in [0.29, 0.717) is 37.6 Å². The van der Waals surface area contributed by atoms with E-state index in [9.17, 15) is 14.5 Å². The molecule has 7 nitrogen and oxygen atoms in total. The molecular formula is C21H25FN4O3. The number of aliphatic imine (C=N–C) groups is 1. The highest BCUT2D eigenvalue weighted by Gasteiger charge is 2.15. The molecule has 1 atom stereocenters. The molecule has 1 heterocycles. The summed E-state index contributed by atoms with van der Waals surface area (Å²) < 4.78 is 19.4. The summed E-state index contributed by atoms with van der Waals surface area (Å²) in [6.07, 6.45) is 2.76. The van der Waals surface area contributed by atoms with Gasteiger partial charge in [0, 0.05) is 31.8 Å². The third-order valence-corrected chi connectivity index (χ3v) is 4.73. The second-order valence-corrected chi connectivity index (χ2v) is 6.87. The van der Waals surface area contributed by atoms with Gasteiger partial charge in [-0.15, -0.1) is 0 Å². The molecule has 1 fully saturated rings. The molecule has 0 saturated carbocycles. The maximum atomic E-state index is 13.8. The van der Waals surface area contributed by atoms with Crippen molar-refractivity contribution in [2.45, 2.75) is 31.9 Å². The lowest BCUT2D eigenvalue weighted by Gasteiger charge is -2.16. The molecule has 154 valence electrons. The summed E-state index contributed by atoms with van der Waals surface area (Å²) in [5, 5.41) is 17.3. The molecule has 8 heteroatoms. The molecule has 0 radical (unpaired) electrons. The lowest BCUT2D eigenvalue weighted by Crippen LogP contribution is -2.42. The Morgan fingerprint density at radius 1 is 1.21 bits per heavy atom. The molecule has 1 saturated heterocycles. The van der Waals surface area contributed by atoms with Gasteiger partial charge in [0.05, 0.1) is 17.6 Å². The van der Waals surface area contributed by atoms with E-state index in [1.165, 1.54) is 18.2 Å². The molecule has 1 unspecified atom stereocenters. The fourth-order valence-corrected chi connectivity index (χ4v) is 3.10. The predicted octanol–water partition coefficient (Wildman–Crippen LogP) is 3.19. The van der Waals surface area contributed by atoms with E-state index in [2.05, 4.69) is 15.6 Å². The van der Waals surface area contributed by atoms with Gasteiger partial charge in [-0.1, -0.05) is 30.3 Å². The Balaban J connectivity index is 1.58. The van der Waals surface area contributed by atoms with Gasteiger partial charge in [0.15, 0.2) is 5.96 Å². The SMILES string of the molecule is O=[N+]([O-])c1ccc(CN=C(NCCc2ccccc2F)NCC2CCCO2)cc1. The Morgan fingerprint density at radius 2 is 2.00 bits per heavy atom. The van der Waals surface area contributed by atoms with Gasteiger partial charge < -0.3 is 15.4 Å². The number of nitrogens with one attached hydrogen (secondary N) is 2. The lowest BCUT2D eigenvalue weighted by atomic mass is 10.1. The van der Waals surface area contributed by atoms with E-state index >= 15 is 0 Å². The number of rotatable bonds is 8. The average molecular weight is 400 g/mol. The number of nitro groups is 1. The van der Waals surface area contributed by atoms with Crippen LogP contribution in [0.4, 0.5) is 10.1 Å². The zero-order valence-corrected chi connectivity index (χ0v) is 16.1. The number of benzene rings is 2. The Labute approximate surface area is 169 Å². The predicted molar refractivity (Wildman–Crippen MR) is 109 cm³/mol. The second kappa shape index (κ2) is 10.5. The summed E-state index contributed by atoms with van der Waals surface area (Å²) in [6, 6.07) is 13.0. The largest absolute Gasteiger partial charge is 0.376 e. The number of hydrogen-bond acceptors (Lipinski definition) is 4. The molecular weight excluding hydrogens is 375 g/mol. The topological polar surface area (TPSA) is 88.8 Å². The van der Waals surface area contributed by atoms with E-state index in [-0.39, 0.29) is 17.6 Å². The van der Waals surface area contributed by atoms with Crippen molar-refractivity contribution >= 4 is 11.6 Å². The second-order valence-electron chi connectivity index (χ2n) is 6.87. The van der Waals surface area contributed by atoms with Crippen molar-refractivity contribution in [3.05, 3.63) is 75.6 Å². The number of hydrogen-bond donors (Lipinski definition) is 2. The van der Waals surface area contributed by atoms with E-state index in [4.69, 9.17) is 4.74 Å². The lowest BCUT2D eigenvalue weighted by molar-refractivity contribution is -0.384. The molecule has 1 aliphatic rings. The molecule has 0 amide bonds. The van der Waals surface area contributed by atoms with Crippen LogP contribution in [0.25, 0.3) is 0 Å². The standard InChI is InChI=1S/C21H25FN4O3/c22-20-6-2-1-4-17(20)11-12-23-21(25-15-19-5-3-13-29-19)24-14-16-7-9-18(10-8-16)26(27)28/h1-2,4,6-10,19H,3,5,11-15H2,(H2,23,24,25). The number of nitrogens with zero attached hydrogens (tertiary/aromatic N) is 2. The van der Waals surface area contributed by atoms with Gasteiger partial charge >= 0.3 is 0 Å². The molecule has 0 aliphatic carbocycles. The first-order valence-corrected chi connectivity index (χ1v) is 9.72. The Bertz CT molecular complexity index is 836. The van der Waals surface area contributed by atoms with Crippen molar-refractivity contribution in [1.82, 2.24) is 10.6 Å². The summed E-state index contributed by atoms with van der Waals surface area (Å²) >= 11 is 0. The summed E-state index contributed by atoms with van der Waals surface area (Å²) in [5.74, 6) is 0.390. The molecule has 1 aliphatic heterocycles. The normalized spacial score (nSPS) is 16.6. The maximum Gasteiger partial charge on any atom is 0.269 e. The Morgan fingerprint density at radius 3 is 2.69 bits per heavy atom. The van der Waals surface area contributed by atoms with Crippen LogP contribution >= 0.6 is 0 Å². The van der Waals surface area contributed by atoms with Crippen LogP contribution in [0.2, 0.25) is 0 Å². The van der Waals surface area contributed by atoms with Crippen LogP contribution in [0.1, 0.15) is 24.0 Å². The van der Waals surface area contributed by atoms with Gasteiger partial charge in [-0.25, -0.2) is 9.38 Å². The minimum absolute atomic E-state index is 0.0532. The van der Waals surface area contributed by atoms with E-state index < -0.39 is 4.92 Å². The third-order valence-electron chi connectivity index (χ3n) is 4.73. The fraction of sp³-hybridized carbons (Fsp3) is 0.381. The highest BCUT2D eigenvalue weighted by Crippen LogP contribution is 2.13. The molecule has 0 aromatic heterocycles. The zero-order valence-electron chi connectivity index (χ0n) is 16.1. The van der Waals surface area contributed by atoms with Crippen LogP contribution in [-0.4, -0.2) is 36.7 Å². The van der Waals surface area contributed by atoms with Crippen molar-refractivity contribution in [3.8, 4) is 0 Å². The van der Waals surface area contributed by atoms with Gasteiger partial charge in [0.25, 0.3) is 5.69 Å². The number of halogens is 1. The monoisotopic (exact) mass is 400 g/mol. The van der Waals surface area contributed by atoms with Crippen molar-refractivity contribution in [2.24, 2.45) is 4.99 Å². The van der Waals surface area contributed by atoms with E-state index in [1.54, 1.807) is 24.3 Å². The number of ether oxygens (including phenoxy) is 1. The van der Waals surface area contributed by atoms with Gasteiger partial charge in [-0.2, -0.15) is 0 Å². The summed E-state index contributed by atoms with van der Waals surface area (Å²) in [7, 11) is 0. The minimum Gasteiger partial charge on any atom is -0.376 e. The van der Waals surface area contributed by atoms with E-state index in [1.807, 2.05) is 6.07 Å². The molecule has 0 bridgehead atoms. The van der Waals surface area contributed by atoms with Crippen LogP contribution in [-0.2, 0) is 17.7 Å². The third kappa shape index (κ3) is 6.53. The van der Waals surface area contributed by atoms with Crippen molar-refractivity contribution in [3.63, 3.8) is 0 Å². The number of guanidine groups is 1. The molecule has 2 aromatic carbocycles. The van der Waals surface area contributed by atoms with Crippen LogP contribution < -0.4 is 10.6 Å². The van der Waals surface area contributed by atoms with Crippen LogP contribution in [0.15, 0.2) is 53.5 Å². The van der Waals surface area contributed by atoms with Crippen molar-refractivity contribution in [1.29, 1.82) is 0 Å². The van der Waals surface area contributed by atoms with Gasteiger partial charge in [-0.3, -0.25) is 10.1 Å². The van der Waals surface area contributed by atoms with E-state index in [0.717, 1.165) is 25.0 Å². The van der Waals surface area contributed by atoms with Gasteiger partial charge in [0.1, 0.15) is 5.82 Å². The number of nitro benzene ring substituents is 1. The average Bonchev–Trinajstić information content (AvgIpc) is 3.25. The first kappa shape index (κ1) is 20.7. The summed E-state index contributed by atoms with van der Waals surface area (Å²) in [4.78, 5) is 14.9. The Kier molecular flexibility index (Phi) is 7.52. The van der Waals surface area contributed by atoms with Crippen molar-refractivity contribution in [2.75, 3.05) is 19.7 Å².